The van der Waals surface area contributed by atoms with Crippen LogP contribution < -0.4 is 5.43 Å². The van der Waals surface area contributed by atoms with Crippen LogP contribution in [0.25, 0.3) is 11.6 Å². The van der Waals surface area contributed by atoms with Gasteiger partial charge in [0, 0.05) is 36.6 Å². The molecule has 0 amide bonds. The van der Waals surface area contributed by atoms with Gasteiger partial charge in [-0.1, -0.05) is 0 Å². The smallest absolute Gasteiger partial charge is 0.347 e. The van der Waals surface area contributed by atoms with Gasteiger partial charge in [0.2, 0.25) is 5.88 Å². The van der Waals surface area contributed by atoms with Gasteiger partial charge < -0.3 is 19.0 Å². The molecular weight excluding hydrogens is 400 g/mol. The lowest BCUT2D eigenvalue weighted by Gasteiger charge is -2.27. The molecule has 2 aromatic rings. The maximum atomic E-state index is 13.0. The molecule has 0 bridgehead atoms. The Bertz CT molecular complexity index is 1030. The molecule has 162 valence electrons. The minimum atomic E-state index is -0.587. The number of aromatic nitrogens is 1. The van der Waals surface area contributed by atoms with E-state index in [1.165, 1.54) is 0 Å². The summed E-state index contributed by atoms with van der Waals surface area (Å²) in [5.41, 5.74) is 4.68. The Labute approximate surface area is 179 Å². The lowest BCUT2D eigenvalue weighted by Crippen LogP contribution is -2.40. The third kappa shape index (κ3) is 4.06. The van der Waals surface area contributed by atoms with Crippen LogP contribution in [0.2, 0.25) is 0 Å². The van der Waals surface area contributed by atoms with Crippen LogP contribution in [0.3, 0.4) is 0 Å². The van der Waals surface area contributed by atoms with E-state index >= 15 is 0 Å². The number of anilines is 1. The molecule has 0 unspecified atom stereocenters. The number of pyridine rings is 1. The number of hydrogen-bond acceptors (Lipinski definition) is 9. The van der Waals surface area contributed by atoms with E-state index in [2.05, 4.69) is 15.4 Å². The van der Waals surface area contributed by atoms with Gasteiger partial charge in [-0.2, -0.15) is 0 Å². The van der Waals surface area contributed by atoms with Crippen LogP contribution in [0.4, 0.5) is 11.7 Å². The number of carbonyl (C=O) groups excluding carboxylic acids is 1. The van der Waals surface area contributed by atoms with Crippen LogP contribution in [0.1, 0.15) is 47.4 Å². The number of ether oxygens (including phenoxy) is 2. The number of rotatable bonds is 5. The number of aromatic hydroxyl groups is 1. The van der Waals surface area contributed by atoms with Crippen LogP contribution in [0, 0.1) is 0 Å². The minimum absolute atomic E-state index is 0.00610. The van der Waals surface area contributed by atoms with Crippen molar-refractivity contribution in [2.45, 2.75) is 31.8 Å². The molecule has 2 aliphatic heterocycles. The van der Waals surface area contributed by atoms with Crippen molar-refractivity contribution in [2.24, 2.45) is 4.99 Å². The lowest BCUT2D eigenvalue weighted by molar-refractivity contribution is 0.0313. The summed E-state index contributed by atoms with van der Waals surface area (Å²) in [4.78, 5) is 21.4. The quantitative estimate of drug-likeness (QED) is 0.703. The number of esters is 1. The fourth-order valence-electron chi connectivity index (χ4n) is 4.02. The summed E-state index contributed by atoms with van der Waals surface area (Å²) < 4.78 is 16.9. The zero-order valence-corrected chi connectivity index (χ0v) is 17.0. The Kier molecular flexibility index (Phi) is 5.44. The highest BCUT2D eigenvalue weighted by molar-refractivity contribution is 6.21. The molecule has 5 rings (SSSR count). The summed E-state index contributed by atoms with van der Waals surface area (Å²) in [5.74, 6) is 0.0860. The second-order valence-electron chi connectivity index (χ2n) is 7.77. The maximum absolute atomic E-state index is 13.0. The minimum Gasteiger partial charge on any atom is -0.504 e. The first-order chi connectivity index (χ1) is 15.2. The standard InChI is InChI=1S/C22H24N4O5/c27-19-17(12-14-13-24-20-16(14)6-3-7-23-20)31-21(25-26-8-10-29-11-9-26)18(19)22(28)30-15-4-1-2-5-15/h3,6-7,12-13,15,25,27H,1-2,4-5,8-11H2. The average molecular weight is 424 g/mol. The summed E-state index contributed by atoms with van der Waals surface area (Å²) >= 11 is 0. The van der Waals surface area contributed by atoms with Gasteiger partial charge in [0.05, 0.1) is 13.2 Å². The van der Waals surface area contributed by atoms with Crippen LogP contribution in [-0.2, 0) is 9.47 Å². The molecule has 31 heavy (non-hydrogen) atoms. The number of hydrogen-bond donors (Lipinski definition) is 2. The number of furan rings is 1. The second kappa shape index (κ2) is 8.52. The van der Waals surface area contributed by atoms with Crippen molar-refractivity contribution in [3.8, 4) is 5.75 Å². The number of allylic oxidation sites excluding steroid dienone is 1. The average Bonchev–Trinajstić information content (AvgIpc) is 3.50. The molecule has 2 fully saturated rings. The van der Waals surface area contributed by atoms with Gasteiger partial charge in [-0.15, -0.1) is 0 Å². The number of morpholine rings is 1. The molecule has 4 heterocycles. The van der Waals surface area contributed by atoms with Gasteiger partial charge >= 0.3 is 5.97 Å². The summed E-state index contributed by atoms with van der Waals surface area (Å²) in [7, 11) is 0. The van der Waals surface area contributed by atoms with E-state index < -0.39 is 5.97 Å². The maximum Gasteiger partial charge on any atom is 0.347 e. The third-order valence-electron chi connectivity index (χ3n) is 5.67. The molecule has 0 spiro atoms. The van der Waals surface area contributed by atoms with Crippen LogP contribution in [-0.4, -0.2) is 59.7 Å². The topological polar surface area (TPSA) is 109 Å². The largest absolute Gasteiger partial charge is 0.504 e. The molecule has 9 nitrogen and oxygen atoms in total. The number of carbonyl (C=O) groups is 1. The second-order valence-corrected chi connectivity index (χ2v) is 7.77. The molecule has 2 N–H and O–H groups in total. The fourth-order valence-corrected chi connectivity index (χ4v) is 4.02. The summed E-state index contributed by atoms with van der Waals surface area (Å²) in [5, 5.41) is 12.8. The Morgan fingerprint density at radius 2 is 2.10 bits per heavy atom. The zero-order chi connectivity index (χ0) is 21.2. The first-order valence-electron chi connectivity index (χ1n) is 10.6. The highest BCUT2D eigenvalue weighted by atomic mass is 16.5. The number of fused-ring (bicyclic) bond motifs is 1. The first-order valence-corrected chi connectivity index (χ1v) is 10.6. The Hall–Kier alpha value is -3.17. The van der Waals surface area contributed by atoms with E-state index in [-0.39, 0.29) is 29.1 Å². The number of aliphatic imine (C=N–C) groups is 1. The Morgan fingerprint density at radius 1 is 1.29 bits per heavy atom. The molecule has 9 heteroatoms. The summed E-state index contributed by atoms with van der Waals surface area (Å²) in [6.45, 7) is 2.39. The third-order valence-corrected chi connectivity index (χ3v) is 5.67. The van der Waals surface area contributed by atoms with Crippen LogP contribution >= 0.6 is 0 Å². The van der Waals surface area contributed by atoms with E-state index in [1.54, 1.807) is 18.5 Å². The van der Waals surface area contributed by atoms with E-state index in [9.17, 15) is 9.90 Å². The molecular formula is C22H24N4O5. The number of nitrogens with one attached hydrogen (secondary N) is 1. The predicted molar refractivity (Wildman–Crippen MR) is 114 cm³/mol. The van der Waals surface area contributed by atoms with Gasteiger partial charge in [-0.05, 0) is 43.9 Å². The van der Waals surface area contributed by atoms with Gasteiger partial charge in [0.25, 0.3) is 0 Å². The van der Waals surface area contributed by atoms with Gasteiger partial charge in [-0.25, -0.2) is 19.8 Å². The Balaban J connectivity index is 1.48. The molecule has 1 saturated carbocycles. The SMILES string of the molecule is O=C(OC1CCCC1)c1c(NN2CCOCC2)oc(C=C2C=Nc3ncccc32)c1O. The number of nitrogens with zero attached hydrogens (tertiary/aromatic N) is 3. The van der Waals surface area contributed by atoms with Crippen LogP contribution in [0.15, 0.2) is 27.7 Å². The van der Waals surface area contributed by atoms with Gasteiger partial charge in [-0.3, -0.25) is 5.43 Å². The lowest BCUT2D eigenvalue weighted by atomic mass is 10.1. The fraction of sp³-hybridized carbons (Fsp3) is 0.409. The Morgan fingerprint density at radius 3 is 2.90 bits per heavy atom. The zero-order valence-electron chi connectivity index (χ0n) is 17.0. The molecule has 0 atom stereocenters. The molecule has 1 saturated heterocycles. The predicted octanol–water partition coefficient (Wildman–Crippen LogP) is 3.40. The van der Waals surface area contributed by atoms with Gasteiger partial charge in [0.15, 0.2) is 22.9 Å². The van der Waals surface area contributed by atoms with Crippen molar-refractivity contribution in [2.75, 3.05) is 31.7 Å². The van der Waals surface area contributed by atoms with E-state index in [0.29, 0.717) is 32.1 Å². The van der Waals surface area contributed by atoms with Crippen molar-refractivity contribution >= 4 is 35.5 Å². The normalized spacial score (nSPS) is 20.3. The van der Waals surface area contributed by atoms with Crippen molar-refractivity contribution < 1.29 is 23.8 Å². The number of hydrazine groups is 1. The van der Waals surface area contributed by atoms with Crippen molar-refractivity contribution in [3.05, 3.63) is 35.2 Å². The van der Waals surface area contributed by atoms with Crippen molar-refractivity contribution in [3.63, 3.8) is 0 Å². The highest BCUT2D eigenvalue weighted by Crippen LogP contribution is 2.39. The van der Waals surface area contributed by atoms with Crippen LogP contribution in [0.5, 0.6) is 5.75 Å². The molecule has 0 radical (unpaired) electrons. The summed E-state index contributed by atoms with van der Waals surface area (Å²) in [6.07, 6.45) is 8.62. The van der Waals surface area contributed by atoms with E-state index in [4.69, 9.17) is 13.9 Å². The monoisotopic (exact) mass is 424 g/mol. The molecule has 1 aliphatic carbocycles. The van der Waals surface area contributed by atoms with Crippen molar-refractivity contribution in [1.82, 2.24) is 9.99 Å². The highest BCUT2D eigenvalue weighted by Gasteiger charge is 2.31. The molecule has 3 aliphatic rings. The van der Waals surface area contributed by atoms with Gasteiger partial charge in [0.1, 0.15) is 6.10 Å². The molecule has 0 aromatic carbocycles. The van der Waals surface area contributed by atoms with E-state index in [1.807, 2.05) is 17.1 Å². The first kappa shape index (κ1) is 19.8. The van der Waals surface area contributed by atoms with E-state index in [0.717, 1.165) is 36.8 Å². The molecule has 2 aromatic heterocycles. The summed E-state index contributed by atoms with van der Waals surface area (Å²) in [6, 6.07) is 3.71. The van der Waals surface area contributed by atoms with Crippen molar-refractivity contribution in [1.29, 1.82) is 0 Å².